The van der Waals surface area contributed by atoms with Crippen LogP contribution in [0.4, 0.5) is 0 Å². The van der Waals surface area contributed by atoms with Crippen molar-refractivity contribution in [3.05, 3.63) is 41.5 Å². The van der Waals surface area contributed by atoms with E-state index in [2.05, 4.69) is 0 Å². The first-order valence-electron chi connectivity index (χ1n) is 5.47. The molecule has 1 aromatic rings. The summed E-state index contributed by atoms with van der Waals surface area (Å²) in [5, 5.41) is 0. The molecule has 0 heterocycles. The first-order valence-corrected chi connectivity index (χ1v) is 5.47. The standard InChI is InChI=1S/C14H18O2/c1-10(2)13(11(3)4)14(15)16-12-8-6-5-7-9-12/h5-10H,1-4H3. The minimum atomic E-state index is -0.249. The molecule has 1 rings (SSSR count). The highest BCUT2D eigenvalue weighted by Gasteiger charge is 2.16. The van der Waals surface area contributed by atoms with Crippen LogP contribution < -0.4 is 4.74 Å². The van der Waals surface area contributed by atoms with Crippen molar-refractivity contribution in [2.45, 2.75) is 27.7 Å². The summed E-state index contributed by atoms with van der Waals surface area (Å²) in [5.74, 6) is 0.523. The van der Waals surface area contributed by atoms with Crippen LogP contribution in [0.1, 0.15) is 27.7 Å². The lowest BCUT2D eigenvalue weighted by molar-refractivity contribution is -0.130. The number of hydrogen-bond donors (Lipinski definition) is 0. The maximum Gasteiger partial charge on any atom is 0.339 e. The van der Waals surface area contributed by atoms with Crippen LogP contribution in [-0.2, 0) is 4.79 Å². The first kappa shape index (κ1) is 12.5. The van der Waals surface area contributed by atoms with E-state index in [1.165, 1.54) is 0 Å². The molecule has 0 aliphatic carbocycles. The molecule has 0 amide bonds. The zero-order valence-electron chi connectivity index (χ0n) is 10.3. The van der Waals surface area contributed by atoms with Gasteiger partial charge in [-0.25, -0.2) is 4.79 Å². The van der Waals surface area contributed by atoms with E-state index in [4.69, 9.17) is 4.74 Å². The number of carbonyl (C=O) groups excluding carboxylic acids is 1. The average molecular weight is 218 g/mol. The first-order chi connectivity index (χ1) is 7.52. The second-order valence-corrected chi connectivity index (χ2v) is 4.27. The number of hydrogen-bond acceptors (Lipinski definition) is 2. The van der Waals surface area contributed by atoms with Gasteiger partial charge in [0.15, 0.2) is 0 Å². The van der Waals surface area contributed by atoms with Gasteiger partial charge in [-0.2, -0.15) is 0 Å². The number of benzene rings is 1. The molecule has 1 aromatic carbocycles. The summed E-state index contributed by atoms with van der Waals surface area (Å²) < 4.78 is 5.30. The summed E-state index contributed by atoms with van der Waals surface area (Å²) in [5.41, 5.74) is 1.76. The molecule has 2 nitrogen and oxygen atoms in total. The average Bonchev–Trinajstić information content (AvgIpc) is 2.17. The van der Waals surface area contributed by atoms with Gasteiger partial charge in [0.2, 0.25) is 0 Å². The molecule has 0 fully saturated rings. The lowest BCUT2D eigenvalue weighted by Crippen LogP contribution is -2.16. The highest BCUT2D eigenvalue weighted by Crippen LogP contribution is 2.18. The fourth-order valence-electron chi connectivity index (χ4n) is 1.67. The van der Waals surface area contributed by atoms with Crippen molar-refractivity contribution in [1.82, 2.24) is 0 Å². The zero-order chi connectivity index (χ0) is 12.1. The number of para-hydroxylation sites is 1. The van der Waals surface area contributed by atoms with Crippen molar-refractivity contribution in [1.29, 1.82) is 0 Å². The maximum absolute atomic E-state index is 11.9. The van der Waals surface area contributed by atoms with E-state index in [9.17, 15) is 4.79 Å². The van der Waals surface area contributed by atoms with E-state index in [1.54, 1.807) is 12.1 Å². The molecule has 0 atom stereocenters. The molecule has 0 saturated heterocycles. The zero-order valence-corrected chi connectivity index (χ0v) is 10.3. The Balaban J connectivity index is 2.84. The fourth-order valence-corrected chi connectivity index (χ4v) is 1.67. The largest absolute Gasteiger partial charge is 0.423 e. The van der Waals surface area contributed by atoms with Crippen LogP contribution in [0.2, 0.25) is 0 Å². The molecule has 16 heavy (non-hydrogen) atoms. The predicted octanol–water partition coefficient (Wildman–Crippen LogP) is 3.58. The van der Waals surface area contributed by atoms with Crippen LogP contribution in [0.3, 0.4) is 0 Å². The van der Waals surface area contributed by atoms with Crippen LogP contribution >= 0.6 is 0 Å². The monoisotopic (exact) mass is 218 g/mol. The lowest BCUT2D eigenvalue weighted by atomic mass is 9.99. The highest BCUT2D eigenvalue weighted by molar-refractivity contribution is 5.91. The molecule has 0 N–H and O–H groups in total. The second-order valence-electron chi connectivity index (χ2n) is 4.27. The van der Waals surface area contributed by atoms with Gasteiger partial charge in [-0.1, -0.05) is 37.6 Å². The van der Waals surface area contributed by atoms with Crippen LogP contribution in [0.5, 0.6) is 5.75 Å². The Morgan fingerprint density at radius 2 is 1.69 bits per heavy atom. The van der Waals surface area contributed by atoms with Crippen LogP contribution in [-0.4, -0.2) is 5.97 Å². The molecular formula is C14H18O2. The SMILES string of the molecule is CC(C)=C(C(=O)Oc1ccccc1)C(C)C. The lowest BCUT2D eigenvalue weighted by Gasteiger charge is -2.12. The summed E-state index contributed by atoms with van der Waals surface area (Å²) in [6.07, 6.45) is 0. The van der Waals surface area contributed by atoms with Gasteiger partial charge < -0.3 is 4.74 Å². The van der Waals surface area contributed by atoms with Crippen LogP contribution in [0.15, 0.2) is 41.5 Å². The van der Waals surface area contributed by atoms with Crippen molar-refractivity contribution < 1.29 is 9.53 Å². The van der Waals surface area contributed by atoms with Gasteiger partial charge in [0.1, 0.15) is 5.75 Å². The third-order valence-electron chi connectivity index (χ3n) is 2.29. The number of rotatable bonds is 3. The van der Waals surface area contributed by atoms with E-state index in [-0.39, 0.29) is 11.9 Å². The van der Waals surface area contributed by atoms with Crippen molar-refractivity contribution in [2.24, 2.45) is 5.92 Å². The highest BCUT2D eigenvalue weighted by atomic mass is 16.5. The van der Waals surface area contributed by atoms with E-state index < -0.39 is 0 Å². The van der Waals surface area contributed by atoms with Crippen LogP contribution in [0, 0.1) is 5.92 Å². The number of ether oxygens (including phenoxy) is 1. The van der Waals surface area contributed by atoms with Crippen molar-refractivity contribution in [3.63, 3.8) is 0 Å². The molecule has 0 spiro atoms. The molecular weight excluding hydrogens is 200 g/mol. The molecule has 86 valence electrons. The molecule has 0 unspecified atom stereocenters. The van der Waals surface area contributed by atoms with Gasteiger partial charge >= 0.3 is 5.97 Å². The summed E-state index contributed by atoms with van der Waals surface area (Å²) in [6.45, 7) is 7.85. The molecule has 0 bridgehead atoms. The van der Waals surface area contributed by atoms with Gasteiger partial charge in [0, 0.05) is 5.57 Å². The summed E-state index contributed by atoms with van der Waals surface area (Å²) >= 11 is 0. The molecule has 0 aromatic heterocycles. The van der Waals surface area contributed by atoms with Gasteiger partial charge in [-0.3, -0.25) is 0 Å². The third kappa shape index (κ3) is 3.23. The Morgan fingerprint density at radius 1 is 1.12 bits per heavy atom. The Kier molecular flexibility index (Phi) is 4.29. The van der Waals surface area contributed by atoms with Gasteiger partial charge in [-0.05, 0) is 31.9 Å². The maximum atomic E-state index is 11.9. The predicted molar refractivity (Wildman–Crippen MR) is 65.3 cm³/mol. The molecule has 0 radical (unpaired) electrons. The molecule has 0 aliphatic rings. The minimum Gasteiger partial charge on any atom is -0.423 e. The van der Waals surface area contributed by atoms with E-state index >= 15 is 0 Å². The van der Waals surface area contributed by atoms with Crippen LogP contribution in [0.25, 0.3) is 0 Å². The number of esters is 1. The second kappa shape index (κ2) is 5.50. The van der Waals surface area contributed by atoms with Crippen molar-refractivity contribution in [2.75, 3.05) is 0 Å². The third-order valence-corrected chi connectivity index (χ3v) is 2.29. The van der Waals surface area contributed by atoms with E-state index in [1.807, 2.05) is 45.9 Å². The van der Waals surface area contributed by atoms with Gasteiger partial charge in [-0.15, -0.1) is 0 Å². The summed E-state index contributed by atoms with van der Waals surface area (Å²) in [7, 11) is 0. The van der Waals surface area contributed by atoms with Crippen molar-refractivity contribution in [3.8, 4) is 5.75 Å². The molecule has 2 heteroatoms. The summed E-state index contributed by atoms with van der Waals surface area (Å²) in [6, 6.07) is 9.14. The van der Waals surface area contributed by atoms with Gasteiger partial charge in [0.25, 0.3) is 0 Å². The van der Waals surface area contributed by atoms with Gasteiger partial charge in [0.05, 0.1) is 0 Å². The summed E-state index contributed by atoms with van der Waals surface area (Å²) in [4.78, 5) is 11.9. The number of carbonyl (C=O) groups is 1. The normalized spacial score (nSPS) is 10.1. The Morgan fingerprint density at radius 3 is 2.12 bits per heavy atom. The quantitative estimate of drug-likeness (QED) is 0.440. The van der Waals surface area contributed by atoms with E-state index in [0.29, 0.717) is 5.75 Å². The van der Waals surface area contributed by atoms with E-state index in [0.717, 1.165) is 11.1 Å². The Labute approximate surface area is 96.9 Å². The Bertz CT molecular complexity index is 384. The molecule has 0 saturated carbocycles. The fraction of sp³-hybridized carbons (Fsp3) is 0.357. The molecule has 0 aliphatic heterocycles. The smallest absolute Gasteiger partial charge is 0.339 e. The topological polar surface area (TPSA) is 26.3 Å². The number of allylic oxidation sites excluding steroid dienone is 1. The van der Waals surface area contributed by atoms with Crippen molar-refractivity contribution >= 4 is 5.97 Å². The Hall–Kier alpha value is -1.57. The minimum absolute atomic E-state index is 0.182.